The van der Waals surface area contributed by atoms with E-state index < -0.39 is 31.3 Å². The molecule has 0 unspecified atom stereocenters. The van der Waals surface area contributed by atoms with Crippen LogP contribution in [0.1, 0.15) is 20.8 Å². The SMILES string of the molecule is CC(C)(C)/C=C(\C#N)C(=O)NC(CO)(CO)CO. The fourth-order valence-corrected chi connectivity index (χ4v) is 1.16. The second-order valence-corrected chi connectivity index (χ2v) is 5.24. The molecule has 4 N–H and O–H groups in total. The average Bonchev–Trinajstić information content (AvgIpc) is 2.32. The lowest BCUT2D eigenvalue weighted by Gasteiger charge is -2.28. The van der Waals surface area contributed by atoms with E-state index in [1.165, 1.54) is 6.08 Å². The monoisotopic (exact) mass is 256 g/mol. The molecular formula is C12H20N2O4. The molecule has 1 amide bonds. The first-order chi connectivity index (χ1) is 8.23. The molecule has 0 aromatic rings. The van der Waals surface area contributed by atoms with Crippen molar-refractivity contribution in [1.29, 1.82) is 5.26 Å². The highest BCUT2D eigenvalue weighted by atomic mass is 16.3. The van der Waals surface area contributed by atoms with Crippen molar-refractivity contribution in [2.45, 2.75) is 26.3 Å². The van der Waals surface area contributed by atoms with Gasteiger partial charge in [-0.05, 0) is 5.41 Å². The molecule has 0 bridgehead atoms. The van der Waals surface area contributed by atoms with E-state index in [2.05, 4.69) is 5.32 Å². The third-order valence-electron chi connectivity index (χ3n) is 2.23. The maximum absolute atomic E-state index is 11.8. The van der Waals surface area contributed by atoms with E-state index in [1.807, 2.05) is 20.8 Å². The van der Waals surface area contributed by atoms with Gasteiger partial charge in [-0.25, -0.2) is 0 Å². The van der Waals surface area contributed by atoms with Gasteiger partial charge in [0.25, 0.3) is 5.91 Å². The number of nitrogens with zero attached hydrogens (tertiary/aromatic N) is 1. The van der Waals surface area contributed by atoms with Crippen molar-refractivity contribution in [3.63, 3.8) is 0 Å². The fraction of sp³-hybridized carbons (Fsp3) is 0.667. The molecule has 0 fully saturated rings. The molecule has 0 atom stereocenters. The number of nitriles is 1. The number of amides is 1. The van der Waals surface area contributed by atoms with Gasteiger partial charge in [-0.2, -0.15) is 5.26 Å². The smallest absolute Gasteiger partial charge is 0.262 e. The van der Waals surface area contributed by atoms with E-state index in [1.54, 1.807) is 6.07 Å². The van der Waals surface area contributed by atoms with Gasteiger partial charge < -0.3 is 20.6 Å². The van der Waals surface area contributed by atoms with Gasteiger partial charge in [-0.15, -0.1) is 0 Å². The van der Waals surface area contributed by atoms with Crippen molar-refractivity contribution in [2.75, 3.05) is 19.8 Å². The van der Waals surface area contributed by atoms with Crippen LogP contribution in [0.4, 0.5) is 0 Å². The molecule has 0 heterocycles. The van der Waals surface area contributed by atoms with E-state index >= 15 is 0 Å². The molecule has 102 valence electrons. The van der Waals surface area contributed by atoms with Gasteiger partial charge >= 0.3 is 0 Å². The molecule has 0 aromatic carbocycles. The van der Waals surface area contributed by atoms with Crippen LogP contribution < -0.4 is 5.32 Å². The Morgan fingerprint density at radius 1 is 1.22 bits per heavy atom. The molecule has 0 radical (unpaired) electrons. The zero-order chi connectivity index (χ0) is 14.4. The van der Waals surface area contributed by atoms with Crippen LogP contribution in [0.25, 0.3) is 0 Å². The molecule has 0 aromatic heterocycles. The van der Waals surface area contributed by atoms with Crippen molar-refractivity contribution in [2.24, 2.45) is 5.41 Å². The van der Waals surface area contributed by atoms with Crippen LogP contribution in [0, 0.1) is 16.7 Å². The highest BCUT2D eigenvalue weighted by Gasteiger charge is 2.31. The Balaban J connectivity index is 5.06. The quantitative estimate of drug-likeness (QED) is 0.384. The molecule has 0 aliphatic heterocycles. The Labute approximate surface area is 107 Å². The van der Waals surface area contributed by atoms with Gasteiger partial charge in [0.15, 0.2) is 0 Å². The summed E-state index contributed by atoms with van der Waals surface area (Å²) >= 11 is 0. The Morgan fingerprint density at radius 2 is 1.67 bits per heavy atom. The lowest BCUT2D eigenvalue weighted by atomic mass is 9.93. The van der Waals surface area contributed by atoms with Crippen molar-refractivity contribution < 1.29 is 20.1 Å². The molecule has 0 rings (SSSR count). The normalized spacial score (nSPS) is 13.1. The molecule has 6 heteroatoms. The minimum absolute atomic E-state index is 0.123. The second kappa shape index (κ2) is 6.50. The number of carbonyl (C=O) groups is 1. The Kier molecular flexibility index (Phi) is 5.98. The number of carbonyl (C=O) groups excluding carboxylic acids is 1. The molecule has 0 saturated carbocycles. The summed E-state index contributed by atoms with van der Waals surface area (Å²) < 4.78 is 0. The first-order valence-corrected chi connectivity index (χ1v) is 5.51. The van der Waals surface area contributed by atoms with Crippen molar-refractivity contribution >= 4 is 5.91 Å². The second-order valence-electron chi connectivity index (χ2n) is 5.24. The van der Waals surface area contributed by atoms with E-state index in [-0.39, 0.29) is 11.0 Å². The van der Waals surface area contributed by atoms with Crippen molar-refractivity contribution in [3.05, 3.63) is 11.6 Å². The summed E-state index contributed by atoms with van der Waals surface area (Å²) in [4.78, 5) is 11.8. The maximum Gasteiger partial charge on any atom is 0.262 e. The highest BCUT2D eigenvalue weighted by molar-refractivity contribution is 5.97. The lowest BCUT2D eigenvalue weighted by molar-refractivity contribution is -0.121. The lowest BCUT2D eigenvalue weighted by Crippen LogP contribution is -2.57. The van der Waals surface area contributed by atoms with Gasteiger partial charge in [0.1, 0.15) is 17.2 Å². The van der Waals surface area contributed by atoms with Crippen LogP contribution in [0.15, 0.2) is 11.6 Å². The van der Waals surface area contributed by atoms with E-state index in [0.717, 1.165) is 0 Å². The number of nitrogens with one attached hydrogen (secondary N) is 1. The van der Waals surface area contributed by atoms with Gasteiger partial charge in [0.2, 0.25) is 0 Å². The summed E-state index contributed by atoms with van der Waals surface area (Å²) in [5, 5.41) is 38.4. The van der Waals surface area contributed by atoms with E-state index in [0.29, 0.717) is 0 Å². The van der Waals surface area contributed by atoms with Crippen LogP contribution in [-0.2, 0) is 4.79 Å². The summed E-state index contributed by atoms with van der Waals surface area (Å²) in [5.74, 6) is -0.732. The van der Waals surface area contributed by atoms with Crippen molar-refractivity contribution in [1.82, 2.24) is 5.32 Å². The fourth-order valence-electron chi connectivity index (χ4n) is 1.16. The number of aliphatic hydroxyl groups is 3. The number of allylic oxidation sites excluding steroid dienone is 1. The van der Waals surface area contributed by atoms with Gasteiger partial charge in [0.05, 0.1) is 19.8 Å². The molecule has 0 spiro atoms. The predicted molar refractivity (Wildman–Crippen MR) is 65.3 cm³/mol. The van der Waals surface area contributed by atoms with Crippen LogP contribution in [0.5, 0.6) is 0 Å². The van der Waals surface area contributed by atoms with Gasteiger partial charge in [-0.3, -0.25) is 4.79 Å². The van der Waals surface area contributed by atoms with Crippen LogP contribution in [0.3, 0.4) is 0 Å². The molecule has 0 aliphatic rings. The minimum Gasteiger partial charge on any atom is -0.394 e. The third kappa shape index (κ3) is 4.84. The highest BCUT2D eigenvalue weighted by Crippen LogP contribution is 2.17. The standard InChI is InChI=1S/C12H20N2O4/c1-11(2,3)4-9(5-13)10(18)14-12(6-15,7-16)8-17/h4,15-17H,6-8H2,1-3H3,(H,14,18)/b9-4+. The van der Waals surface area contributed by atoms with Gasteiger partial charge in [-0.1, -0.05) is 26.8 Å². The molecule has 0 aliphatic carbocycles. The summed E-state index contributed by atoms with van der Waals surface area (Å²) in [5.41, 5.74) is -2.00. The maximum atomic E-state index is 11.8. The zero-order valence-electron chi connectivity index (χ0n) is 10.9. The largest absolute Gasteiger partial charge is 0.394 e. The van der Waals surface area contributed by atoms with Gasteiger partial charge in [0, 0.05) is 0 Å². The number of rotatable bonds is 5. The molecule has 18 heavy (non-hydrogen) atoms. The van der Waals surface area contributed by atoms with E-state index in [4.69, 9.17) is 20.6 Å². The number of hydrogen-bond acceptors (Lipinski definition) is 5. The van der Waals surface area contributed by atoms with Crippen molar-refractivity contribution in [3.8, 4) is 6.07 Å². The zero-order valence-corrected chi connectivity index (χ0v) is 10.9. The summed E-state index contributed by atoms with van der Waals surface area (Å²) in [6, 6.07) is 1.76. The topological polar surface area (TPSA) is 114 Å². The summed E-state index contributed by atoms with van der Waals surface area (Å²) in [7, 11) is 0. The number of aliphatic hydroxyl groups excluding tert-OH is 3. The summed E-state index contributed by atoms with van der Waals surface area (Å²) in [6.07, 6.45) is 1.49. The predicted octanol–water partition coefficient (Wildman–Crippen LogP) is -0.686. The van der Waals surface area contributed by atoms with Crippen LogP contribution in [0.2, 0.25) is 0 Å². The van der Waals surface area contributed by atoms with Crippen LogP contribution >= 0.6 is 0 Å². The molecule has 0 saturated heterocycles. The third-order valence-corrected chi connectivity index (χ3v) is 2.23. The molecular weight excluding hydrogens is 236 g/mol. The minimum atomic E-state index is -1.52. The van der Waals surface area contributed by atoms with Crippen LogP contribution in [-0.4, -0.2) is 46.6 Å². The Bertz CT molecular complexity index is 351. The first kappa shape index (κ1) is 16.6. The summed E-state index contributed by atoms with van der Waals surface area (Å²) in [6.45, 7) is 3.61. The molecule has 6 nitrogen and oxygen atoms in total. The Hall–Kier alpha value is -1.42. The average molecular weight is 256 g/mol. The number of hydrogen-bond donors (Lipinski definition) is 4. The Morgan fingerprint density at radius 3 is 1.94 bits per heavy atom. The van der Waals surface area contributed by atoms with E-state index in [9.17, 15) is 4.79 Å². The first-order valence-electron chi connectivity index (χ1n) is 5.51.